The molecule has 0 aromatic heterocycles. The Morgan fingerprint density at radius 2 is 1.95 bits per heavy atom. The lowest BCUT2D eigenvalue weighted by atomic mass is 10.2. The molecular weight excluding hydrogens is 293 g/mol. The fraction of sp³-hybridized carbons (Fsp3) is 0.188. The lowest BCUT2D eigenvalue weighted by molar-refractivity contribution is -0.0892. The monoisotopic (exact) mass is 308 g/mol. The van der Waals surface area contributed by atoms with Gasteiger partial charge in [0.1, 0.15) is 12.4 Å². The van der Waals surface area contributed by atoms with Crippen LogP contribution in [0.4, 0.5) is 8.78 Å². The van der Waals surface area contributed by atoms with Crippen molar-refractivity contribution in [2.24, 2.45) is 0 Å². The second-order valence-electron chi connectivity index (χ2n) is 4.52. The smallest absolute Gasteiger partial charge is 0.408 e. The predicted octanol–water partition coefficient (Wildman–Crippen LogP) is 4.56. The van der Waals surface area contributed by atoms with Crippen molar-refractivity contribution in [1.82, 2.24) is 0 Å². The second-order valence-corrected chi connectivity index (χ2v) is 5.19. The molecule has 0 spiro atoms. The normalized spacial score (nSPS) is 14.3. The Bertz CT molecular complexity index is 619. The number of ether oxygens (including phenoxy) is 2. The fourth-order valence-corrected chi connectivity index (χ4v) is 1.77. The van der Waals surface area contributed by atoms with Crippen LogP contribution in [0.3, 0.4) is 0 Å². The first-order chi connectivity index (χ1) is 9.92. The Hall–Kier alpha value is -1.89. The Balaban J connectivity index is 1.94. The van der Waals surface area contributed by atoms with Crippen molar-refractivity contribution in [3.63, 3.8) is 0 Å². The molecule has 0 heterocycles. The van der Waals surface area contributed by atoms with Crippen LogP contribution in [0.25, 0.3) is 0 Å². The molecule has 110 valence electrons. The van der Waals surface area contributed by atoms with E-state index < -0.39 is 5.85 Å². The van der Waals surface area contributed by atoms with E-state index in [-0.39, 0.29) is 5.75 Å². The third kappa shape index (κ3) is 5.55. The van der Waals surface area contributed by atoms with Gasteiger partial charge in [0.25, 0.3) is 0 Å². The molecule has 1 aliphatic carbocycles. The lowest BCUT2D eigenvalue weighted by Gasteiger charge is -2.13. The number of allylic oxidation sites excluding steroid dienone is 4. The van der Waals surface area contributed by atoms with Gasteiger partial charge in [0.15, 0.2) is 5.76 Å². The summed E-state index contributed by atoms with van der Waals surface area (Å²) in [5.41, 5.74) is 4.97. The van der Waals surface area contributed by atoms with Gasteiger partial charge >= 0.3 is 5.85 Å². The third-order valence-corrected chi connectivity index (χ3v) is 2.74. The molecule has 0 bridgehead atoms. The highest BCUT2D eigenvalue weighted by Gasteiger charge is 2.23. The summed E-state index contributed by atoms with van der Waals surface area (Å²) in [5, 5.41) is 0. The summed E-state index contributed by atoms with van der Waals surface area (Å²) in [5.74, 6) is -2.53. The topological polar surface area (TPSA) is 18.5 Å². The third-order valence-electron chi connectivity index (χ3n) is 2.62. The zero-order valence-corrected chi connectivity index (χ0v) is 12.6. The molecule has 0 amide bonds. The maximum absolute atomic E-state index is 12.7. The average molecular weight is 308 g/mol. The van der Waals surface area contributed by atoms with Crippen LogP contribution in [0, 0.1) is 0 Å². The van der Waals surface area contributed by atoms with E-state index in [0.29, 0.717) is 12.4 Å². The van der Waals surface area contributed by atoms with Crippen molar-refractivity contribution < 1.29 is 18.3 Å². The molecular formula is C16H15F2O2P. The molecule has 2 nitrogen and oxygen atoms in total. The highest BCUT2D eigenvalue weighted by atomic mass is 31.0. The van der Waals surface area contributed by atoms with Crippen molar-refractivity contribution in [2.45, 2.75) is 19.4 Å². The summed E-state index contributed by atoms with van der Waals surface area (Å²) in [6.07, 6.45) is 7.50. The van der Waals surface area contributed by atoms with Crippen LogP contribution in [-0.4, -0.2) is 5.85 Å². The number of benzene rings is 1. The van der Waals surface area contributed by atoms with Gasteiger partial charge < -0.3 is 9.47 Å². The minimum absolute atomic E-state index is 0.104. The van der Waals surface area contributed by atoms with Crippen molar-refractivity contribution in [1.29, 1.82) is 0 Å². The van der Waals surface area contributed by atoms with Crippen LogP contribution >= 0.6 is 9.24 Å². The van der Waals surface area contributed by atoms with Gasteiger partial charge in [0.05, 0.1) is 0 Å². The largest absolute Gasteiger partial charge is 0.481 e. The maximum Gasteiger partial charge on any atom is 0.408 e. The van der Waals surface area contributed by atoms with Gasteiger partial charge in [-0.3, -0.25) is 0 Å². The van der Waals surface area contributed by atoms with Gasteiger partial charge in [-0.05, 0) is 51.6 Å². The van der Waals surface area contributed by atoms with Gasteiger partial charge in [-0.2, -0.15) is 8.78 Å². The number of hydrogen-bond acceptors (Lipinski definition) is 2. The van der Waals surface area contributed by atoms with E-state index in [0.717, 1.165) is 11.1 Å². The highest BCUT2D eigenvalue weighted by molar-refractivity contribution is 7.17. The second kappa shape index (κ2) is 6.71. The van der Waals surface area contributed by atoms with Gasteiger partial charge in [-0.1, -0.05) is 30.0 Å². The van der Waals surface area contributed by atoms with Crippen LogP contribution in [0.1, 0.15) is 12.5 Å². The molecule has 0 saturated carbocycles. The molecule has 1 aromatic carbocycles. The summed E-state index contributed by atoms with van der Waals surface area (Å²) in [6.45, 7) is 2.30. The minimum Gasteiger partial charge on any atom is -0.481 e. The van der Waals surface area contributed by atoms with Crippen molar-refractivity contribution in [3.8, 4) is 5.75 Å². The molecule has 0 aliphatic heterocycles. The molecule has 1 unspecified atom stereocenters. The Morgan fingerprint density at radius 1 is 1.24 bits per heavy atom. The molecule has 5 heteroatoms. The lowest BCUT2D eigenvalue weighted by Crippen LogP contribution is -2.14. The van der Waals surface area contributed by atoms with Crippen LogP contribution in [0.2, 0.25) is 0 Å². The van der Waals surface area contributed by atoms with Gasteiger partial charge in [0, 0.05) is 0 Å². The van der Waals surface area contributed by atoms with Crippen LogP contribution in [0.15, 0.2) is 65.6 Å². The molecule has 0 radical (unpaired) electrons. The van der Waals surface area contributed by atoms with Gasteiger partial charge in [-0.15, -0.1) is 0 Å². The van der Waals surface area contributed by atoms with Crippen molar-refractivity contribution >= 4 is 9.24 Å². The first-order valence-corrected chi connectivity index (χ1v) is 6.89. The summed E-state index contributed by atoms with van der Waals surface area (Å²) < 4.78 is 35.3. The van der Waals surface area contributed by atoms with E-state index in [9.17, 15) is 8.78 Å². The van der Waals surface area contributed by atoms with Gasteiger partial charge in [-0.25, -0.2) is 0 Å². The van der Waals surface area contributed by atoms with Crippen LogP contribution in [-0.2, 0) is 11.3 Å². The molecule has 21 heavy (non-hydrogen) atoms. The summed E-state index contributed by atoms with van der Waals surface area (Å²) in [7, 11) is 1.33. The first kappa shape index (κ1) is 15.5. The Kier molecular flexibility index (Phi) is 4.95. The minimum atomic E-state index is -3.26. The first-order valence-electron chi connectivity index (χ1n) is 6.31. The van der Waals surface area contributed by atoms with E-state index in [1.54, 1.807) is 12.1 Å². The Morgan fingerprint density at radius 3 is 2.62 bits per heavy atom. The molecule has 1 atom stereocenters. The molecule has 0 fully saturated rings. The predicted molar refractivity (Wildman–Crippen MR) is 81.0 cm³/mol. The number of hydrogen-bond donors (Lipinski definition) is 0. The van der Waals surface area contributed by atoms with Crippen molar-refractivity contribution in [2.75, 3.05) is 0 Å². The summed E-state index contributed by atoms with van der Waals surface area (Å²) >= 11 is 0. The van der Waals surface area contributed by atoms with Gasteiger partial charge in [0.2, 0.25) is 0 Å². The van der Waals surface area contributed by atoms with E-state index in [2.05, 4.69) is 10.5 Å². The molecule has 0 saturated heterocycles. The fourth-order valence-electron chi connectivity index (χ4n) is 1.63. The number of halogens is 2. The van der Waals surface area contributed by atoms with E-state index >= 15 is 0 Å². The Labute approximate surface area is 124 Å². The van der Waals surface area contributed by atoms with Crippen molar-refractivity contribution in [3.05, 3.63) is 71.2 Å². The SMILES string of the molecule is CC1=CC=CC(OCc2ccc(OC(F)(F)P)cc2)=C=C1. The standard InChI is InChI=1S/C16H15F2O2P/c1-12-3-2-4-14(8-5-12)19-11-13-6-9-15(10-7-13)20-16(17,18)21/h2-7,9-10H,11,21H2,1H3. The average Bonchev–Trinajstić information content (AvgIpc) is 2.61. The van der Waals surface area contributed by atoms with E-state index in [1.165, 1.54) is 21.4 Å². The van der Waals surface area contributed by atoms with Crippen LogP contribution < -0.4 is 4.74 Å². The highest BCUT2D eigenvalue weighted by Crippen LogP contribution is 2.27. The van der Waals surface area contributed by atoms with Crippen LogP contribution in [0.5, 0.6) is 5.75 Å². The zero-order chi connectivity index (χ0) is 15.3. The molecule has 0 N–H and O–H groups in total. The summed E-state index contributed by atoms with van der Waals surface area (Å²) in [6, 6.07) is 6.32. The molecule has 1 aliphatic rings. The van der Waals surface area contributed by atoms with E-state index in [1.807, 2.05) is 31.2 Å². The number of alkyl halides is 2. The zero-order valence-electron chi connectivity index (χ0n) is 11.5. The molecule has 2 rings (SSSR count). The van der Waals surface area contributed by atoms with E-state index in [4.69, 9.17) is 4.74 Å². The summed E-state index contributed by atoms with van der Waals surface area (Å²) in [4.78, 5) is 0. The molecule has 1 aromatic rings. The quantitative estimate of drug-likeness (QED) is 0.586. The number of rotatable bonds is 5. The maximum atomic E-state index is 12.7.